The van der Waals surface area contributed by atoms with E-state index in [-0.39, 0.29) is 12.2 Å². The van der Waals surface area contributed by atoms with Crippen LogP contribution in [0.15, 0.2) is 30.3 Å². The molecule has 2 fully saturated rings. The second-order valence-electron chi connectivity index (χ2n) is 3.29. The molecule has 0 bridgehead atoms. The molecule has 0 amide bonds. The highest BCUT2D eigenvalue weighted by molar-refractivity contribution is 5.63. The van der Waals surface area contributed by atoms with Gasteiger partial charge in [0.2, 0.25) is 6.29 Å². The third-order valence-corrected chi connectivity index (χ3v) is 2.42. The molecule has 2 aliphatic heterocycles. The van der Waals surface area contributed by atoms with Crippen molar-refractivity contribution in [2.45, 2.75) is 18.5 Å². The largest absolute Gasteiger partial charge is 0.511 e. The third kappa shape index (κ3) is 1.01. The predicted octanol–water partition coefficient (Wildman–Crippen LogP) is 1.62. The topological polar surface area (TPSA) is 44.8 Å². The predicted molar refractivity (Wildman–Crippen MR) is 45.4 cm³/mol. The van der Waals surface area contributed by atoms with Gasteiger partial charge in [-0.3, -0.25) is 0 Å². The quantitative estimate of drug-likeness (QED) is 0.634. The van der Waals surface area contributed by atoms with Gasteiger partial charge in [-0.15, -0.1) is 0 Å². The zero-order valence-electron chi connectivity index (χ0n) is 7.25. The molecule has 2 saturated heterocycles. The van der Waals surface area contributed by atoms with Crippen molar-refractivity contribution in [2.24, 2.45) is 0 Å². The van der Waals surface area contributed by atoms with Crippen LogP contribution in [0.3, 0.4) is 0 Å². The molecule has 0 unspecified atom stereocenters. The zero-order valence-corrected chi connectivity index (χ0v) is 7.25. The van der Waals surface area contributed by atoms with E-state index in [0.29, 0.717) is 0 Å². The standard InChI is InChI=1S/C10H8O4/c11-10-13-8-7(12-9(8)14-10)6-4-2-1-3-5-6/h1-5,7-9H/t7-,8-,9-/m0/s1. The normalized spacial score (nSPS) is 34.0. The van der Waals surface area contributed by atoms with Crippen LogP contribution in [0.25, 0.3) is 0 Å². The van der Waals surface area contributed by atoms with Gasteiger partial charge in [0, 0.05) is 0 Å². The molecule has 0 radical (unpaired) electrons. The number of carbonyl (C=O) groups is 1. The molecule has 2 aliphatic rings. The molecule has 0 saturated carbocycles. The van der Waals surface area contributed by atoms with E-state index < -0.39 is 12.4 Å². The lowest BCUT2D eigenvalue weighted by Gasteiger charge is -2.35. The number of benzene rings is 1. The van der Waals surface area contributed by atoms with Crippen LogP contribution in [0.5, 0.6) is 0 Å². The van der Waals surface area contributed by atoms with Crippen molar-refractivity contribution in [1.29, 1.82) is 0 Å². The van der Waals surface area contributed by atoms with Gasteiger partial charge in [-0.1, -0.05) is 30.3 Å². The average Bonchev–Trinajstić information content (AvgIpc) is 2.47. The van der Waals surface area contributed by atoms with E-state index in [2.05, 4.69) is 0 Å². The van der Waals surface area contributed by atoms with Crippen LogP contribution in [0, 0.1) is 0 Å². The van der Waals surface area contributed by atoms with Gasteiger partial charge in [-0.25, -0.2) is 4.79 Å². The molecule has 2 heterocycles. The molecule has 0 spiro atoms. The fourth-order valence-corrected chi connectivity index (χ4v) is 1.71. The van der Waals surface area contributed by atoms with Gasteiger partial charge in [-0.05, 0) is 5.56 Å². The lowest BCUT2D eigenvalue weighted by Crippen LogP contribution is -2.45. The summed E-state index contributed by atoms with van der Waals surface area (Å²) in [6, 6.07) is 9.64. The summed E-state index contributed by atoms with van der Waals surface area (Å²) in [5.41, 5.74) is 1.01. The van der Waals surface area contributed by atoms with Gasteiger partial charge in [0.25, 0.3) is 0 Å². The Bertz CT molecular complexity index is 362. The van der Waals surface area contributed by atoms with Crippen LogP contribution >= 0.6 is 0 Å². The first-order valence-corrected chi connectivity index (χ1v) is 4.42. The summed E-state index contributed by atoms with van der Waals surface area (Å²) in [4.78, 5) is 10.8. The Morgan fingerprint density at radius 3 is 2.57 bits per heavy atom. The SMILES string of the molecule is O=C1O[C@@H]2O[C@@H](c3ccccc3)[C@@H]2O1. The minimum atomic E-state index is -0.640. The molecule has 1 aromatic carbocycles. The molecule has 0 N–H and O–H groups in total. The smallest absolute Gasteiger partial charge is 0.421 e. The number of ether oxygens (including phenoxy) is 3. The number of fused-ring (bicyclic) bond motifs is 1. The number of rotatable bonds is 1. The second-order valence-corrected chi connectivity index (χ2v) is 3.29. The van der Waals surface area contributed by atoms with E-state index in [1.165, 1.54) is 0 Å². The summed E-state index contributed by atoms with van der Waals surface area (Å²) in [7, 11) is 0. The Labute approximate surface area is 80.4 Å². The van der Waals surface area contributed by atoms with Crippen molar-refractivity contribution in [1.82, 2.24) is 0 Å². The van der Waals surface area contributed by atoms with Gasteiger partial charge in [0.15, 0.2) is 6.10 Å². The van der Waals surface area contributed by atoms with Crippen molar-refractivity contribution < 1.29 is 19.0 Å². The van der Waals surface area contributed by atoms with Gasteiger partial charge < -0.3 is 14.2 Å². The van der Waals surface area contributed by atoms with Gasteiger partial charge in [0.05, 0.1) is 0 Å². The third-order valence-electron chi connectivity index (χ3n) is 2.42. The summed E-state index contributed by atoms with van der Waals surface area (Å²) in [5, 5.41) is 0. The minimum Gasteiger partial charge on any atom is -0.421 e. The van der Waals surface area contributed by atoms with Crippen molar-refractivity contribution in [2.75, 3.05) is 0 Å². The Kier molecular flexibility index (Phi) is 1.52. The van der Waals surface area contributed by atoms with E-state index >= 15 is 0 Å². The fourth-order valence-electron chi connectivity index (χ4n) is 1.71. The van der Waals surface area contributed by atoms with Crippen LogP contribution in [-0.4, -0.2) is 18.5 Å². The highest BCUT2D eigenvalue weighted by atomic mass is 16.9. The molecule has 3 rings (SSSR count). The molecule has 3 atom stereocenters. The molecular weight excluding hydrogens is 184 g/mol. The van der Waals surface area contributed by atoms with Crippen LogP contribution in [0.2, 0.25) is 0 Å². The molecule has 72 valence electrons. The molecular formula is C10H8O4. The lowest BCUT2D eigenvalue weighted by atomic mass is 9.99. The maximum atomic E-state index is 10.8. The van der Waals surface area contributed by atoms with E-state index in [1.54, 1.807) is 0 Å². The summed E-state index contributed by atoms with van der Waals surface area (Å²) >= 11 is 0. The Balaban J connectivity index is 1.81. The zero-order chi connectivity index (χ0) is 9.54. The summed E-state index contributed by atoms with van der Waals surface area (Å²) in [6.45, 7) is 0. The summed E-state index contributed by atoms with van der Waals surface area (Å²) in [5.74, 6) is 0. The second kappa shape index (κ2) is 2.72. The van der Waals surface area contributed by atoms with Gasteiger partial charge in [-0.2, -0.15) is 0 Å². The van der Waals surface area contributed by atoms with Crippen molar-refractivity contribution in [3.05, 3.63) is 35.9 Å². The molecule has 4 heteroatoms. The first kappa shape index (κ1) is 7.82. The highest BCUT2D eigenvalue weighted by Crippen LogP contribution is 2.41. The van der Waals surface area contributed by atoms with Gasteiger partial charge >= 0.3 is 6.16 Å². The maximum absolute atomic E-state index is 10.8. The molecule has 0 aromatic heterocycles. The van der Waals surface area contributed by atoms with E-state index in [4.69, 9.17) is 14.2 Å². The summed E-state index contributed by atoms with van der Waals surface area (Å²) < 4.78 is 15.0. The highest BCUT2D eigenvalue weighted by Gasteiger charge is 2.54. The van der Waals surface area contributed by atoms with Crippen molar-refractivity contribution >= 4 is 6.16 Å². The molecule has 14 heavy (non-hydrogen) atoms. The van der Waals surface area contributed by atoms with Crippen LogP contribution in [-0.2, 0) is 14.2 Å². The summed E-state index contributed by atoms with van der Waals surface area (Å²) in [6.07, 6.45) is -1.59. The number of hydrogen-bond donors (Lipinski definition) is 0. The van der Waals surface area contributed by atoms with Crippen LogP contribution < -0.4 is 0 Å². The van der Waals surface area contributed by atoms with E-state index in [1.807, 2.05) is 30.3 Å². The Morgan fingerprint density at radius 2 is 1.86 bits per heavy atom. The monoisotopic (exact) mass is 192 g/mol. The lowest BCUT2D eigenvalue weighted by molar-refractivity contribution is -0.256. The molecule has 0 aliphatic carbocycles. The Morgan fingerprint density at radius 1 is 1.07 bits per heavy atom. The molecule has 4 nitrogen and oxygen atoms in total. The number of carbonyl (C=O) groups excluding carboxylic acids is 1. The maximum Gasteiger partial charge on any atom is 0.511 e. The average molecular weight is 192 g/mol. The fraction of sp³-hybridized carbons (Fsp3) is 0.300. The first-order valence-electron chi connectivity index (χ1n) is 4.42. The van der Waals surface area contributed by atoms with Crippen molar-refractivity contribution in [3.63, 3.8) is 0 Å². The molecule has 1 aromatic rings. The van der Waals surface area contributed by atoms with Gasteiger partial charge in [0.1, 0.15) is 6.10 Å². The van der Waals surface area contributed by atoms with Crippen LogP contribution in [0.4, 0.5) is 4.79 Å². The van der Waals surface area contributed by atoms with Crippen LogP contribution in [0.1, 0.15) is 11.7 Å². The van der Waals surface area contributed by atoms with E-state index in [9.17, 15) is 4.79 Å². The minimum absolute atomic E-state index is 0.173. The Hall–Kier alpha value is -1.55. The number of hydrogen-bond acceptors (Lipinski definition) is 4. The van der Waals surface area contributed by atoms with E-state index in [0.717, 1.165) is 5.56 Å². The first-order chi connectivity index (χ1) is 6.84. The van der Waals surface area contributed by atoms with Crippen molar-refractivity contribution in [3.8, 4) is 0 Å².